The van der Waals surface area contributed by atoms with Crippen LogP contribution in [0.25, 0.3) is 0 Å². The highest BCUT2D eigenvalue weighted by Gasteiger charge is 2.41. The van der Waals surface area contributed by atoms with Crippen LogP contribution in [0.15, 0.2) is 18.2 Å². The van der Waals surface area contributed by atoms with Crippen LogP contribution in [0.3, 0.4) is 0 Å². The Bertz CT molecular complexity index is 666. The van der Waals surface area contributed by atoms with Crippen molar-refractivity contribution >= 4 is 23.3 Å². The molecule has 2 aliphatic carbocycles. The number of amides is 1. The lowest BCUT2D eigenvalue weighted by atomic mass is 9.67. The number of hydrogen-bond acceptors (Lipinski definition) is 4. The number of benzene rings is 1. The molecule has 3 rings (SSSR count). The fourth-order valence-corrected chi connectivity index (χ4v) is 3.93. The van der Waals surface area contributed by atoms with Crippen molar-refractivity contribution in [1.82, 2.24) is 0 Å². The first-order valence-corrected chi connectivity index (χ1v) is 8.53. The molecule has 1 N–H and O–H groups in total. The molecule has 1 aromatic rings. The summed E-state index contributed by atoms with van der Waals surface area (Å²) in [6.45, 7) is 1.88. The lowest BCUT2D eigenvalue weighted by Crippen LogP contribution is -2.40. The van der Waals surface area contributed by atoms with E-state index < -0.39 is 5.97 Å². The second kappa shape index (κ2) is 6.75. The van der Waals surface area contributed by atoms with E-state index in [-0.39, 0.29) is 23.7 Å². The minimum Gasteiger partial charge on any atom is -0.465 e. The van der Waals surface area contributed by atoms with Crippen LogP contribution < -0.4 is 5.32 Å². The molecule has 0 heterocycles. The molecule has 24 heavy (non-hydrogen) atoms. The van der Waals surface area contributed by atoms with Crippen LogP contribution in [0, 0.1) is 24.7 Å². The monoisotopic (exact) mass is 329 g/mol. The molecule has 2 saturated carbocycles. The highest BCUT2D eigenvalue weighted by molar-refractivity contribution is 5.97. The fourth-order valence-electron chi connectivity index (χ4n) is 3.93. The second-order valence-corrected chi connectivity index (χ2v) is 6.91. The Labute approximate surface area is 141 Å². The van der Waals surface area contributed by atoms with Gasteiger partial charge in [-0.1, -0.05) is 12.5 Å². The number of Topliss-reactive ketones (excluding diaryl/α,β-unsaturated/α-hetero) is 1. The molecular formula is C19H23NO4. The summed E-state index contributed by atoms with van der Waals surface area (Å²) in [6.07, 6.45) is 4.22. The number of hydrogen-bond donors (Lipinski definition) is 1. The fraction of sp³-hybridized carbons (Fsp3) is 0.526. The van der Waals surface area contributed by atoms with Gasteiger partial charge in [0.2, 0.25) is 5.91 Å². The summed E-state index contributed by atoms with van der Waals surface area (Å²) in [4.78, 5) is 36.5. The Morgan fingerprint density at radius 1 is 1.17 bits per heavy atom. The molecule has 2 bridgehead atoms. The SMILES string of the molecule is COC(=O)c1ccc(C)c(NC(=O)C2C[C@@H]3CCC[C@@H](C2)C3=O)c1. The van der Waals surface area contributed by atoms with Crippen molar-refractivity contribution in [3.8, 4) is 0 Å². The maximum Gasteiger partial charge on any atom is 0.337 e. The summed E-state index contributed by atoms with van der Waals surface area (Å²) in [5.74, 6) is -0.146. The molecule has 5 heteroatoms. The van der Waals surface area contributed by atoms with E-state index in [0.717, 1.165) is 24.8 Å². The minimum atomic E-state index is -0.428. The van der Waals surface area contributed by atoms with E-state index in [4.69, 9.17) is 4.74 Å². The van der Waals surface area contributed by atoms with E-state index in [2.05, 4.69) is 5.32 Å². The first-order valence-electron chi connectivity index (χ1n) is 8.53. The summed E-state index contributed by atoms with van der Waals surface area (Å²) in [5, 5.41) is 2.95. The average molecular weight is 329 g/mol. The molecule has 2 fully saturated rings. The lowest BCUT2D eigenvalue weighted by Gasteiger charge is -2.37. The number of ether oxygens (including phenoxy) is 1. The van der Waals surface area contributed by atoms with Crippen LogP contribution in [-0.4, -0.2) is 24.8 Å². The van der Waals surface area contributed by atoms with Gasteiger partial charge in [-0.15, -0.1) is 0 Å². The molecule has 2 atom stereocenters. The molecule has 0 aromatic heterocycles. The molecule has 1 aromatic carbocycles. The molecule has 0 saturated heterocycles. The van der Waals surface area contributed by atoms with Crippen molar-refractivity contribution in [2.45, 2.75) is 39.0 Å². The number of methoxy groups -OCH3 is 1. The topological polar surface area (TPSA) is 72.5 Å². The number of fused-ring (bicyclic) bond motifs is 2. The Balaban J connectivity index is 1.73. The van der Waals surface area contributed by atoms with E-state index in [0.29, 0.717) is 29.9 Å². The summed E-state index contributed by atoms with van der Waals surface area (Å²) in [5.41, 5.74) is 1.93. The van der Waals surface area contributed by atoms with Crippen molar-refractivity contribution in [2.75, 3.05) is 12.4 Å². The van der Waals surface area contributed by atoms with Gasteiger partial charge >= 0.3 is 5.97 Å². The van der Waals surface area contributed by atoms with Crippen molar-refractivity contribution in [2.24, 2.45) is 17.8 Å². The van der Waals surface area contributed by atoms with Gasteiger partial charge in [0, 0.05) is 23.4 Å². The third kappa shape index (κ3) is 3.21. The van der Waals surface area contributed by atoms with Crippen molar-refractivity contribution < 1.29 is 19.1 Å². The Hall–Kier alpha value is -2.17. The van der Waals surface area contributed by atoms with Gasteiger partial charge in [0.1, 0.15) is 5.78 Å². The number of ketones is 1. The number of carbonyl (C=O) groups excluding carboxylic acids is 3. The first kappa shape index (κ1) is 16.7. The zero-order chi connectivity index (χ0) is 17.3. The number of rotatable bonds is 3. The number of esters is 1. The summed E-state index contributed by atoms with van der Waals surface area (Å²) >= 11 is 0. The van der Waals surface area contributed by atoms with Gasteiger partial charge in [0.25, 0.3) is 0 Å². The Morgan fingerprint density at radius 3 is 2.46 bits per heavy atom. The molecular weight excluding hydrogens is 306 g/mol. The molecule has 1 amide bonds. The van der Waals surface area contributed by atoms with E-state index in [1.165, 1.54) is 7.11 Å². The van der Waals surface area contributed by atoms with E-state index in [9.17, 15) is 14.4 Å². The molecule has 0 unspecified atom stereocenters. The van der Waals surface area contributed by atoms with Crippen LogP contribution >= 0.6 is 0 Å². The largest absolute Gasteiger partial charge is 0.465 e. The predicted molar refractivity (Wildman–Crippen MR) is 89.7 cm³/mol. The van der Waals surface area contributed by atoms with Crippen molar-refractivity contribution in [1.29, 1.82) is 0 Å². The summed E-state index contributed by atoms with van der Waals surface area (Å²) < 4.78 is 4.73. The second-order valence-electron chi connectivity index (χ2n) is 6.91. The summed E-state index contributed by atoms with van der Waals surface area (Å²) in [7, 11) is 1.33. The van der Waals surface area contributed by atoms with Gasteiger partial charge in [0.15, 0.2) is 0 Å². The standard InChI is InChI=1S/C19H23NO4/c1-11-6-7-14(19(23)24-2)10-16(11)20-18(22)15-8-12-4-3-5-13(9-15)17(12)21/h6-7,10,12-13,15H,3-5,8-9H2,1-2H3,(H,20,22)/t12-,13-/m0/s1. The Morgan fingerprint density at radius 2 is 1.83 bits per heavy atom. The van der Waals surface area contributed by atoms with Crippen LogP contribution in [0.2, 0.25) is 0 Å². The highest BCUT2D eigenvalue weighted by atomic mass is 16.5. The van der Waals surface area contributed by atoms with Gasteiger partial charge in [0.05, 0.1) is 12.7 Å². The maximum atomic E-state index is 12.7. The van der Waals surface area contributed by atoms with Crippen LogP contribution in [0.1, 0.15) is 48.0 Å². The van der Waals surface area contributed by atoms with E-state index in [1.807, 2.05) is 6.92 Å². The highest BCUT2D eigenvalue weighted by Crippen LogP contribution is 2.40. The number of carbonyl (C=O) groups is 3. The lowest BCUT2D eigenvalue weighted by molar-refractivity contribution is -0.136. The normalized spacial score (nSPS) is 25.9. The zero-order valence-corrected chi connectivity index (χ0v) is 14.1. The van der Waals surface area contributed by atoms with E-state index >= 15 is 0 Å². The molecule has 128 valence electrons. The molecule has 5 nitrogen and oxygen atoms in total. The van der Waals surface area contributed by atoms with Crippen molar-refractivity contribution in [3.05, 3.63) is 29.3 Å². The smallest absolute Gasteiger partial charge is 0.337 e. The quantitative estimate of drug-likeness (QED) is 0.865. The van der Waals surface area contributed by atoms with Gasteiger partial charge < -0.3 is 10.1 Å². The zero-order valence-electron chi connectivity index (χ0n) is 14.1. The van der Waals surface area contributed by atoms with Gasteiger partial charge in [-0.3, -0.25) is 9.59 Å². The number of nitrogens with one attached hydrogen (secondary N) is 1. The van der Waals surface area contributed by atoms with Gasteiger partial charge in [-0.05, 0) is 50.3 Å². The molecule has 0 aliphatic heterocycles. The maximum absolute atomic E-state index is 12.7. The van der Waals surface area contributed by atoms with E-state index in [1.54, 1.807) is 18.2 Å². The van der Waals surface area contributed by atoms with Gasteiger partial charge in [-0.2, -0.15) is 0 Å². The predicted octanol–water partition coefficient (Wildman–Crippen LogP) is 3.12. The first-order chi connectivity index (χ1) is 11.5. The summed E-state index contributed by atoms with van der Waals surface area (Å²) in [6, 6.07) is 5.12. The molecule has 2 aliphatic rings. The third-order valence-corrected chi connectivity index (χ3v) is 5.34. The van der Waals surface area contributed by atoms with Gasteiger partial charge in [-0.25, -0.2) is 4.79 Å². The van der Waals surface area contributed by atoms with Crippen LogP contribution in [-0.2, 0) is 14.3 Å². The number of aryl methyl sites for hydroxylation is 1. The average Bonchev–Trinajstić information content (AvgIpc) is 2.55. The molecule has 0 spiro atoms. The minimum absolute atomic E-state index is 0.0514. The van der Waals surface area contributed by atoms with Crippen LogP contribution in [0.4, 0.5) is 5.69 Å². The number of anilines is 1. The third-order valence-electron chi connectivity index (χ3n) is 5.34. The van der Waals surface area contributed by atoms with Crippen molar-refractivity contribution in [3.63, 3.8) is 0 Å². The molecule has 0 radical (unpaired) electrons. The Kier molecular flexibility index (Phi) is 4.69. The van der Waals surface area contributed by atoms with Crippen LogP contribution in [0.5, 0.6) is 0 Å².